The van der Waals surface area contributed by atoms with Gasteiger partial charge in [-0.05, 0) is 49.1 Å². The Morgan fingerprint density at radius 1 is 1.23 bits per heavy atom. The fourth-order valence-electron chi connectivity index (χ4n) is 4.35. The molecule has 1 saturated heterocycles. The van der Waals surface area contributed by atoms with Crippen LogP contribution in [0.15, 0.2) is 47.5 Å². The predicted molar refractivity (Wildman–Crippen MR) is 120 cm³/mol. The number of ether oxygens (including phenoxy) is 2. The van der Waals surface area contributed by atoms with E-state index in [1.54, 1.807) is 13.1 Å². The number of aliphatic imine (C=N–C) groups is 1. The highest BCUT2D eigenvalue weighted by Gasteiger charge is 2.24. The molecule has 0 amide bonds. The molecule has 7 heteroatoms. The first kappa shape index (κ1) is 21.6. The molecule has 166 valence electrons. The van der Waals surface area contributed by atoms with Gasteiger partial charge in [0, 0.05) is 38.3 Å². The molecule has 4 rings (SSSR count). The van der Waals surface area contributed by atoms with Crippen molar-refractivity contribution in [2.45, 2.75) is 38.5 Å². The number of nitrogens with zero attached hydrogens (tertiary/aromatic N) is 2. The summed E-state index contributed by atoms with van der Waals surface area (Å²) in [6.07, 6.45) is 3.05. The van der Waals surface area contributed by atoms with Gasteiger partial charge in [0.25, 0.3) is 0 Å². The van der Waals surface area contributed by atoms with E-state index in [0.29, 0.717) is 25.6 Å². The number of nitrogens with one attached hydrogen (secondary N) is 2. The molecule has 1 fully saturated rings. The molecule has 2 aromatic rings. The molecule has 1 atom stereocenters. The van der Waals surface area contributed by atoms with Gasteiger partial charge in [-0.1, -0.05) is 30.3 Å². The molecule has 2 heterocycles. The zero-order valence-electron chi connectivity index (χ0n) is 18.1. The summed E-state index contributed by atoms with van der Waals surface area (Å²) < 4.78 is 24.8. The second-order valence-corrected chi connectivity index (χ2v) is 8.05. The van der Waals surface area contributed by atoms with E-state index in [4.69, 9.17) is 9.47 Å². The molecule has 0 aliphatic carbocycles. The lowest BCUT2D eigenvalue weighted by Gasteiger charge is -2.25. The van der Waals surface area contributed by atoms with Crippen LogP contribution in [0.3, 0.4) is 0 Å². The van der Waals surface area contributed by atoms with Crippen LogP contribution >= 0.6 is 0 Å². The Morgan fingerprint density at radius 3 is 2.94 bits per heavy atom. The molecule has 2 N–H and O–H groups in total. The Hall–Kier alpha value is -2.64. The van der Waals surface area contributed by atoms with Crippen LogP contribution in [-0.2, 0) is 24.3 Å². The van der Waals surface area contributed by atoms with Crippen molar-refractivity contribution in [2.24, 2.45) is 4.99 Å². The van der Waals surface area contributed by atoms with E-state index in [2.05, 4.69) is 50.9 Å². The lowest BCUT2D eigenvalue weighted by Crippen LogP contribution is -2.45. The van der Waals surface area contributed by atoms with Gasteiger partial charge in [-0.2, -0.15) is 0 Å². The van der Waals surface area contributed by atoms with Gasteiger partial charge in [0.2, 0.25) is 0 Å². The van der Waals surface area contributed by atoms with E-state index >= 15 is 0 Å². The van der Waals surface area contributed by atoms with Crippen LogP contribution in [0, 0.1) is 5.82 Å². The Balaban J connectivity index is 1.26. The molecule has 0 radical (unpaired) electrons. The number of hydrogen-bond acceptors (Lipinski definition) is 4. The highest BCUT2D eigenvalue weighted by molar-refractivity contribution is 5.79. The number of hydrogen-bond donors (Lipinski definition) is 2. The maximum atomic E-state index is 13.9. The topological polar surface area (TPSA) is 58.1 Å². The van der Waals surface area contributed by atoms with Gasteiger partial charge in [0.1, 0.15) is 11.6 Å². The second-order valence-electron chi connectivity index (χ2n) is 8.05. The van der Waals surface area contributed by atoms with Crippen molar-refractivity contribution in [3.8, 4) is 5.75 Å². The highest BCUT2D eigenvalue weighted by atomic mass is 19.1. The largest absolute Gasteiger partial charge is 0.467 e. The Bertz CT molecular complexity index is 891. The number of rotatable bonds is 7. The highest BCUT2D eigenvalue weighted by Crippen LogP contribution is 2.29. The van der Waals surface area contributed by atoms with Crippen LogP contribution < -0.4 is 15.4 Å². The van der Waals surface area contributed by atoms with Gasteiger partial charge in [0.15, 0.2) is 12.8 Å². The third-order valence-electron chi connectivity index (χ3n) is 5.89. The lowest BCUT2D eigenvalue weighted by atomic mass is 10.1. The SMILES string of the molecule is CN=C(NCCc1cc(F)cc2c1OCOC2)NCC1CCCN1Cc1ccccc1. The second kappa shape index (κ2) is 10.6. The normalized spacial score (nSPS) is 19.0. The van der Waals surface area contributed by atoms with Gasteiger partial charge < -0.3 is 20.1 Å². The number of likely N-dealkylation sites (tertiary alicyclic amines) is 1. The van der Waals surface area contributed by atoms with Crippen LogP contribution in [-0.4, -0.2) is 50.4 Å². The first-order valence-corrected chi connectivity index (χ1v) is 11.0. The minimum atomic E-state index is -0.259. The van der Waals surface area contributed by atoms with Crippen LogP contribution in [0.5, 0.6) is 5.75 Å². The zero-order valence-corrected chi connectivity index (χ0v) is 18.1. The minimum Gasteiger partial charge on any atom is -0.467 e. The van der Waals surface area contributed by atoms with Crippen LogP contribution in [0.4, 0.5) is 4.39 Å². The van der Waals surface area contributed by atoms with Crippen molar-refractivity contribution in [1.29, 1.82) is 0 Å². The summed E-state index contributed by atoms with van der Waals surface area (Å²) >= 11 is 0. The lowest BCUT2D eigenvalue weighted by molar-refractivity contribution is -0.0172. The quantitative estimate of drug-likeness (QED) is 0.527. The summed E-state index contributed by atoms with van der Waals surface area (Å²) in [5.74, 6) is 1.26. The van der Waals surface area contributed by atoms with E-state index in [9.17, 15) is 4.39 Å². The molecule has 2 aliphatic rings. The molecule has 0 bridgehead atoms. The van der Waals surface area contributed by atoms with Crippen LogP contribution in [0.1, 0.15) is 29.5 Å². The van der Waals surface area contributed by atoms with Crippen molar-refractivity contribution in [1.82, 2.24) is 15.5 Å². The maximum Gasteiger partial charge on any atom is 0.191 e. The standard InChI is InChI=1S/C24H31FN4O2/c1-26-24(27-10-9-19-12-21(25)13-20-16-30-17-31-23(19)20)28-14-22-8-5-11-29(22)15-18-6-3-2-4-7-18/h2-4,6-7,12-13,22H,5,8-11,14-17H2,1H3,(H2,26,27,28). The third-order valence-corrected chi connectivity index (χ3v) is 5.89. The summed E-state index contributed by atoms with van der Waals surface area (Å²) in [7, 11) is 1.77. The number of fused-ring (bicyclic) bond motifs is 1. The van der Waals surface area contributed by atoms with E-state index in [1.165, 1.54) is 24.5 Å². The average Bonchev–Trinajstić information content (AvgIpc) is 3.23. The number of benzene rings is 2. The molecule has 0 aromatic heterocycles. The zero-order chi connectivity index (χ0) is 21.5. The van der Waals surface area contributed by atoms with Gasteiger partial charge in [-0.3, -0.25) is 9.89 Å². The molecule has 1 unspecified atom stereocenters. The van der Waals surface area contributed by atoms with Crippen molar-refractivity contribution in [3.05, 3.63) is 65.0 Å². The van der Waals surface area contributed by atoms with Crippen molar-refractivity contribution < 1.29 is 13.9 Å². The molecule has 0 saturated carbocycles. The monoisotopic (exact) mass is 426 g/mol. The Labute approximate surface area is 183 Å². The molecule has 31 heavy (non-hydrogen) atoms. The van der Waals surface area contributed by atoms with E-state index in [0.717, 1.165) is 42.5 Å². The summed E-state index contributed by atoms with van der Waals surface area (Å²) in [6, 6.07) is 14.1. The molecule has 2 aromatic carbocycles. The predicted octanol–water partition coefficient (Wildman–Crippen LogP) is 3.06. The first-order valence-electron chi connectivity index (χ1n) is 11.0. The van der Waals surface area contributed by atoms with E-state index in [1.807, 2.05) is 0 Å². The maximum absolute atomic E-state index is 13.9. The molecular weight excluding hydrogens is 395 g/mol. The smallest absolute Gasteiger partial charge is 0.191 e. The Morgan fingerprint density at radius 2 is 2.10 bits per heavy atom. The van der Waals surface area contributed by atoms with Crippen LogP contribution in [0.25, 0.3) is 0 Å². The minimum absolute atomic E-state index is 0.211. The first-order chi connectivity index (χ1) is 15.2. The summed E-state index contributed by atoms with van der Waals surface area (Å²) in [5.41, 5.74) is 2.97. The fraction of sp³-hybridized carbons (Fsp3) is 0.458. The number of halogens is 1. The van der Waals surface area contributed by atoms with Gasteiger partial charge in [0.05, 0.1) is 6.61 Å². The van der Waals surface area contributed by atoms with E-state index in [-0.39, 0.29) is 12.6 Å². The molecule has 2 aliphatic heterocycles. The van der Waals surface area contributed by atoms with E-state index < -0.39 is 0 Å². The van der Waals surface area contributed by atoms with Crippen molar-refractivity contribution >= 4 is 5.96 Å². The molecular formula is C24H31FN4O2. The Kier molecular flexibility index (Phi) is 7.38. The van der Waals surface area contributed by atoms with Crippen molar-refractivity contribution in [3.63, 3.8) is 0 Å². The average molecular weight is 427 g/mol. The fourth-order valence-corrected chi connectivity index (χ4v) is 4.35. The molecule has 6 nitrogen and oxygen atoms in total. The van der Waals surface area contributed by atoms with Gasteiger partial charge in [-0.25, -0.2) is 4.39 Å². The third kappa shape index (κ3) is 5.74. The summed E-state index contributed by atoms with van der Waals surface area (Å²) in [5, 5.41) is 6.80. The summed E-state index contributed by atoms with van der Waals surface area (Å²) in [4.78, 5) is 6.88. The van der Waals surface area contributed by atoms with Crippen LogP contribution in [0.2, 0.25) is 0 Å². The number of guanidine groups is 1. The summed E-state index contributed by atoms with van der Waals surface area (Å²) in [6.45, 7) is 4.19. The van der Waals surface area contributed by atoms with Gasteiger partial charge in [-0.15, -0.1) is 0 Å². The molecule has 0 spiro atoms. The van der Waals surface area contributed by atoms with Gasteiger partial charge >= 0.3 is 0 Å². The van der Waals surface area contributed by atoms with Crippen molar-refractivity contribution in [2.75, 3.05) is 33.5 Å².